The van der Waals surface area contributed by atoms with Gasteiger partial charge in [0.05, 0.1) is 16.1 Å². The van der Waals surface area contributed by atoms with E-state index >= 15 is 0 Å². The van der Waals surface area contributed by atoms with Gasteiger partial charge < -0.3 is 14.4 Å². The van der Waals surface area contributed by atoms with Gasteiger partial charge in [-0.1, -0.05) is 16.8 Å². The maximum Gasteiger partial charge on any atom is 0.573 e. The van der Waals surface area contributed by atoms with Crippen molar-refractivity contribution in [1.29, 1.82) is 0 Å². The molecule has 1 heterocycles. The van der Waals surface area contributed by atoms with Gasteiger partial charge in [-0.05, 0) is 19.1 Å². The molecule has 0 unspecified atom stereocenters. The number of carboxylic acids is 1. The molecule has 0 saturated heterocycles. The van der Waals surface area contributed by atoms with Gasteiger partial charge in [0.2, 0.25) is 0 Å². The first kappa shape index (κ1) is 15.2. The zero-order chi connectivity index (χ0) is 15.8. The highest BCUT2D eigenvalue weighted by atomic mass is 35.5. The van der Waals surface area contributed by atoms with Gasteiger partial charge in [0.15, 0.2) is 0 Å². The summed E-state index contributed by atoms with van der Waals surface area (Å²) in [6, 6.07) is 3.10. The summed E-state index contributed by atoms with van der Waals surface area (Å²) in [5.41, 5.74) is -0.729. The summed E-state index contributed by atoms with van der Waals surface area (Å²) in [7, 11) is 0. The van der Waals surface area contributed by atoms with E-state index in [0.29, 0.717) is 5.76 Å². The first-order valence-corrected chi connectivity index (χ1v) is 5.82. The Morgan fingerprint density at radius 2 is 2.10 bits per heavy atom. The van der Waals surface area contributed by atoms with Crippen LogP contribution >= 0.6 is 11.6 Å². The van der Waals surface area contributed by atoms with Crippen molar-refractivity contribution in [3.8, 4) is 17.0 Å². The molecule has 0 aliphatic heterocycles. The van der Waals surface area contributed by atoms with E-state index in [0.717, 1.165) is 12.1 Å². The number of hydrogen-bond donors (Lipinski definition) is 1. The molecular weight excluding hydrogens is 315 g/mol. The molecule has 0 amide bonds. The topological polar surface area (TPSA) is 72.6 Å². The van der Waals surface area contributed by atoms with E-state index in [1.165, 1.54) is 13.0 Å². The monoisotopic (exact) mass is 321 g/mol. The Morgan fingerprint density at radius 3 is 2.57 bits per heavy atom. The quantitative estimate of drug-likeness (QED) is 0.928. The zero-order valence-electron chi connectivity index (χ0n) is 10.4. The minimum atomic E-state index is -4.96. The molecule has 0 radical (unpaired) electrons. The molecule has 0 fully saturated rings. The number of aromatic nitrogens is 1. The summed E-state index contributed by atoms with van der Waals surface area (Å²) in [5.74, 6) is -1.73. The predicted octanol–water partition coefficient (Wildman–Crippen LogP) is 3.90. The molecule has 0 spiro atoms. The van der Waals surface area contributed by atoms with Crippen LogP contribution in [-0.2, 0) is 0 Å². The molecule has 0 aliphatic rings. The maximum absolute atomic E-state index is 12.4. The maximum atomic E-state index is 12.4. The lowest BCUT2D eigenvalue weighted by molar-refractivity contribution is -0.274. The second-order valence-corrected chi connectivity index (χ2v) is 4.35. The van der Waals surface area contributed by atoms with E-state index in [-0.39, 0.29) is 16.8 Å². The average Bonchev–Trinajstić information content (AvgIpc) is 2.73. The van der Waals surface area contributed by atoms with Gasteiger partial charge in [-0.3, -0.25) is 0 Å². The van der Waals surface area contributed by atoms with Gasteiger partial charge in [0.1, 0.15) is 17.2 Å². The van der Waals surface area contributed by atoms with Crippen molar-refractivity contribution in [1.82, 2.24) is 5.16 Å². The predicted molar refractivity (Wildman–Crippen MR) is 65.3 cm³/mol. The van der Waals surface area contributed by atoms with Crippen molar-refractivity contribution in [2.75, 3.05) is 0 Å². The van der Waals surface area contributed by atoms with Gasteiger partial charge in [-0.2, -0.15) is 0 Å². The fourth-order valence-electron chi connectivity index (χ4n) is 1.66. The summed E-state index contributed by atoms with van der Waals surface area (Å²) in [5, 5.41) is 12.1. The Kier molecular flexibility index (Phi) is 3.82. The van der Waals surface area contributed by atoms with E-state index in [2.05, 4.69) is 9.89 Å². The molecular formula is C12H7ClF3NO4. The Balaban J connectivity index is 2.66. The molecule has 9 heteroatoms. The summed E-state index contributed by atoms with van der Waals surface area (Å²) in [6.07, 6.45) is -4.96. The third-order valence-electron chi connectivity index (χ3n) is 2.44. The minimum absolute atomic E-state index is 0.0557. The first-order valence-electron chi connectivity index (χ1n) is 5.44. The molecule has 1 aromatic carbocycles. The van der Waals surface area contributed by atoms with Crippen LogP contribution < -0.4 is 4.74 Å². The molecule has 1 aromatic heterocycles. The fourth-order valence-corrected chi connectivity index (χ4v) is 1.99. The van der Waals surface area contributed by atoms with Crippen molar-refractivity contribution in [2.45, 2.75) is 13.3 Å². The van der Waals surface area contributed by atoms with Crippen LogP contribution in [0.5, 0.6) is 5.75 Å². The third kappa shape index (κ3) is 3.27. The number of benzene rings is 1. The second-order valence-electron chi connectivity index (χ2n) is 3.98. The largest absolute Gasteiger partial charge is 0.573 e. The zero-order valence-corrected chi connectivity index (χ0v) is 11.1. The molecule has 2 rings (SSSR count). The van der Waals surface area contributed by atoms with Gasteiger partial charge in [0.25, 0.3) is 0 Å². The number of halogens is 4. The summed E-state index contributed by atoms with van der Waals surface area (Å²) >= 11 is 5.87. The van der Waals surface area contributed by atoms with Crippen molar-refractivity contribution in [3.05, 3.63) is 34.5 Å². The van der Waals surface area contributed by atoms with Crippen LogP contribution in [0.25, 0.3) is 11.3 Å². The molecule has 0 atom stereocenters. The van der Waals surface area contributed by atoms with Crippen LogP contribution in [0.15, 0.2) is 22.7 Å². The highest BCUT2D eigenvalue weighted by molar-refractivity contribution is 6.36. The molecule has 0 saturated carbocycles. The van der Waals surface area contributed by atoms with E-state index in [1.807, 2.05) is 0 Å². The molecule has 0 aliphatic carbocycles. The fraction of sp³-hybridized carbons (Fsp3) is 0.167. The third-order valence-corrected chi connectivity index (χ3v) is 2.84. The van der Waals surface area contributed by atoms with Crippen LogP contribution in [-0.4, -0.2) is 22.6 Å². The van der Waals surface area contributed by atoms with Crippen molar-refractivity contribution >= 4 is 17.6 Å². The molecule has 21 heavy (non-hydrogen) atoms. The van der Waals surface area contributed by atoms with Crippen LogP contribution in [0, 0.1) is 6.92 Å². The van der Waals surface area contributed by atoms with Crippen LogP contribution in [0.1, 0.15) is 16.1 Å². The van der Waals surface area contributed by atoms with E-state index in [9.17, 15) is 18.0 Å². The van der Waals surface area contributed by atoms with Crippen molar-refractivity contribution < 1.29 is 32.3 Å². The van der Waals surface area contributed by atoms with E-state index in [4.69, 9.17) is 21.2 Å². The van der Waals surface area contributed by atoms with Crippen LogP contribution in [0.4, 0.5) is 13.2 Å². The van der Waals surface area contributed by atoms with Gasteiger partial charge in [-0.25, -0.2) is 4.79 Å². The normalized spacial score (nSPS) is 11.5. The lowest BCUT2D eigenvalue weighted by Gasteiger charge is -2.14. The minimum Gasteiger partial charge on any atom is -0.478 e. The van der Waals surface area contributed by atoms with E-state index < -0.39 is 23.1 Å². The first-order chi connectivity index (χ1) is 9.69. The number of carbonyl (C=O) groups is 1. The van der Waals surface area contributed by atoms with Gasteiger partial charge >= 0.3 is 12.3 Å². The number of rotatable bonds is 3. The van der Waals surface area contributed by atoms with Gasteiger partial charge in [0, 0.05) is 6.07 Å². The molecule has 0 bridgehead atoms. The highest BCUT2D eigenvalue weighted by Gasteiger charge is 2.34. The van der Waals surface area contributed by atoms with Gasteiger partial charge in [-0.15, -0.1) is 13.2 Å². The number of carboxylic acid groups (broad SMARTS) is 1. The molecule has 1 N–H and O–H groups in total. The smallest absolute Gasteiger partial charge is 0.478 e. The Morgan fingerprint density at radius 1 is 1.43 bits per heavy atom. The number of alkyl halides is 3. The Hall–Kier alpha value is -2.22. The Labute approximate surface area is 120 Å². The second kappa shape index (κ2) is 5.28. The number of hydrogen-bond acceptors (Lipinski definition) is 4. The number of aromatic carboxylic acids is 1. The lowest BCUT2D eigenvalue weighted by atomic mass is 10.1. The van der Waals surface area contributed by atoms with Crippen molar-refractivity contribution in [2.24, 2.45) is 0 Å². The number of ether oxygens (including phenoxy) is 1. The van der Waals surface area contributed by atoms with Crippen molar-refractivity contribution in [3.63, 3.8) is 0 Å². The molecule has 2 aromatic rings. The number of aryl methyl sites for hydroxylation is 1. The summed E-state index contributed by atoms with van der Waals surface area (Å²) < 4.78 is 45.8. The summed E-state index contributed by atoms with van der Waals surface area (Å²) in [4.78, 5) is 11.0. The standard InChI is InChI=1S/C12H7ClF3NO4/c1-5-4-7(17-21-5)9-8(20-12(14,15)16)3-2-6(10(9)13)11(18)19/h2-4H,1H3,(H,18,19). The lowest BCUT2D eigenvalue weighted by Crippen LogP contribution is -2.18. The van der Waals surface area contributed by atoms with Crippen LogP contribution in [0.2, 0.25) is 5.02 Å². The number of nitrogens with zero attached hydrogens (tertiary/aromatic N) is 1. The summed E-state index contributed by atoms with van der Waals surface area (Å²) in [6.45, 7) is 1.52. The molecule has 112 valence electrons. The SMILES string of the molecule is Cc1cc(-c2c(OC(F)(F)F)ccc(C(=O)O)c2Cl)no1. The van der Waals surface area contributed by atoms with E-state index in [1.54, 1.807) is 0 Å². The molecule has 5 nitrogen and oxygen atoms in total. The Bertz CT molecular complexity index is 696. The van der Waals surface area contributed by atoms with Crippen LogP contribution in [0.3, 0.4) is 0 Å². The highest BCUT2D eigenvalue weighted by Crippen LogP contribution is 2.40. The average molecular weight is 322 g/mol.